The van der Waals surface area contributed by atoms with Crippen molar-refractivity contribution >= 4 is 16.1 Å². The molecule has 0 aliphatic heterocycles. The molecule has 0 heterocycles. The molecule has 0 saturated heterocycles. The van der Waals surface area contributed by atoms with Crippen LogP contribution in [0.2, 0.25) is 44.4 Å². The number of rotatable bonds is 2. The zero-order valence-electron chi connectivity index (χ0n) is 9.15. The number of hydrogen-bond acceptors (Lipinski definition) is 1. The highest BCUT2D eigenvalue weighted by Crippen LogP contribution is 2.30. The lowest BCUT2D eigenvalue weighted by atomic mass is 10.8. The van der Waals surface area contributed by atoms with Gasteiger partial charge in [0.15, 0.2) is 0 Å². The molecule has 3 heteroatoms. The van der Waals surface area contributed by atoms with Crippen molar-refractivity contribution in [2.24, 2.45) is 5.73 Å². The molecular formula is C9H21NSi2. The number of nitrogens with two attached hydrogens (primary N) is 1. The van der Waals surface area contributed by atoms with Crippen molar-refractivity contribution in [2.75, 3.05) is 0 Å². The Morgan fingerprint density at radius 3 is 1.33 bits per heavy atom. The van der Waals surface area contributed by atoms with Gasteiger partial charge in [0.2, 0.25) is 0 Å². The van der Waals surface area contributed by atoms with E-state index < -0.39 is 16.1 Å². The fraction of sp³-hybridized carbons (Fsp3) is 0.778. The summed E-state index contributed by atoms with van der Waals surface area (Å²) in [5.41, 5.74) is 5.31. The summed E-state index contributed by atoms with van der Waals surface area (Å²) < 4.78 is 0. The summed E-state index contributed by atoms with van der Waals surface area (Å²) in [6, 6.07) is 2.60. The Bertz CT molecular complexity index is 185. The highest BCUT2D eigenvalue weighted by atomic mass is 28.4. The van der Waals surface area contributed by atoms with E-state index in [2.05, 4.69) is 51.2 Å². The first-order valence-corrected chi connectivity index (χ1v) is 11.6. The standard InChI is InChI=1S/C9H21NSi2/c1-11(2,3)9(7-8-10)12(4,5)6/h9H,10H2,1-6H3. The molecule has 0 aromatic rings. The van der Waals surface area contributed by atoms with E-state index in [0.29, 0.717) is 5.16 Å². The Morgan fingerprint density at radius 1 is 0.917 bits per heavy atom. The summed E-state index contributed by atoms with van der Waals surface area (Å²) in [5, 5.41) is 0.620. The molecule has 0 unspecified atom stereocenters. The molecule has 0 aromatic heterocycles. The summed E-state index contributed by atoms with van der Waals surface area (Å²) in [6.07, 6.45) is 0. The molecule has 0 spiro atoms. The Hall–Kier alpha value is -0.206. The third-order valence-corrected chi connectivity index (χ3v) is 10.9. The lowest BCUT2D eigenvalue weighted by Gasteiger charge is -2.34. The van der Waals surface area contributed by atoms with Gasteiger partial charge < -0.3 is 5.73 Å². The monoisotopic (exact) mass is 199 g/mol. The van der Waals surface area contributed by atoms with E-state index in [9.17, 15) is 0 Å². The van der Waals surface area contributed by atoms with Crippen molar-refractivity contribution in [3.8, 4) is 12.0 Å². The van der Waals surface area contributed by atoms with Crippen LogP contribution in [0.5, 0.6) is 0 Å². The van der Waals surface area contributed by atoms with Crippen molar-refractivity contribution in [3.63, 3.8) is 0 Å². The highest BCUT2D eigenvalue weighted by Gasteiger charge is 2.36. The molecule has 0 radical (unpaired) electrons. The quantitative estimate of drug-likeness (QED) is 0.413. The van der Waals surface area contributed by atoms with Gasteiger partial charge in [0, 0.05) is 11.2 Å². The van der Waals surface area contributed by atoms with E-state index in [1.807, 2.05) is 0 Å². The fourth-order valence-corrected chi connectivity index (χ4v) is 13.2. The van der Waals surface area contributed by atoms with Gasteiger partial charge in [-0.1, -0.05) is 45.2 Å². The van der Waals surface area contributed by atoms with E-state index in [4.69, 9.17) is 5.73 Å². The molecule has 0 aromatic carbocycles. The normalized spacial score (nSPS) is 12.6. The number of hydrogen-bond donors (Lipinski definition) is 1. The molecule has 0 bridgehead atoms. The fourth-order valence-electron chi connectivity index (χ4n) is 1.82. The van der Waals surface area contributed by atoms with Crippen molar-refractivity contribution in [3.05, 3.63) is 0 Å². The molecule has 70 valence electrons. The van der Waals surface area contributed by atoms with E-state index in [1.54, 1.807) is 0 Å². The molecule has 0 aliphatic carbocycles. The highest BCUT2D eigenvalue weighted by molar-refractivity contribution is 6.97. The second-order valence-corrected chi connectivity index (χ2v) is 16.6. The summed E-state index contributed by atoms with van der Waals surface area (Å²) in [5.74, 6) is 3.21. The molecular weight excluding hydrogens is 178 g/mol. The second kappa shape index (κ2) is 3.67. The van der Waals surface area contributed by atoms with Crippen LogP contribution in [0.1, 0.15) is 0 Å². The first-order valence-electron chi connectivity index (χ1n) is 4.40. The van der Waals surface area contributed by atoms with Crippen LogP contribution in [-0.2, 0) is 0 Å². The SMILES string of the molecule is C[Si](C)(C)C(C#CN)[Si](C)(C)C. The topological polar surface area (TPSA) is 26.0 Å². The third-order valence-electron chi connectivity index (χ3n) is 1.96. The largest absolute Gasteiger partial charge is 0.359 e. The minimum absolute atomic E-state index is 0.620. The zero-order chi connectivity index (χ0) is 9.99. The Kier molecular flexibility index (Phi) is 3.61. The summed E-state index contributed by atoms with van der Waals surface area (Å²) in [7, 11) is -2.27. The molecule has 0 atom stereocenters. The van der Waals surface area contributed by atoms with Crippen LogP contribution in [0.15, 0.2) is 0 Å². The molecule has 0 saturated carbocycles. The molecule has 2 N–H and O–H groups in total. The summed E-state index contributed by atoms with van der Waals surface area (Å²) in [4.78, 5) is 0. The smallest absolute Gasteiger partial charge is 0.0579 e. The Balaban J connectivity index is 4.78. The van der Waals surface area contributed by atoms with Crippen molar-refractivity contribution in [1.82, 2.24) is 0 Å². The molecule has 0 fully saturated rings. The second-order valence-electron chi connectivity index (χ2n) is 5.45. The van der Waals surface area contributed by atoms with E-state index in [0.717, 1.165) is 0 Å². The van der Waals surface area contributed by atoms with Gasteiger partial charge in [-0.15, -0.1) is 0 Å². The average Bonchev–Trinajstić information content (AvgIpc) is 1.77. The van der Waals surface area contributed by atoms with Crippen molar-refractivity contribution in [2.45, 2.75) is 44.4 Å². The van der Waals surface area contributed by atoms with Gasteiger partial charge in [-0.2, -0.15) is 0 Å². The van der Waals surface area contributed by atoms with Crippen LogP contribution in [-0.4, -0.2) is 16.1 Å². The predicted molar refractivity (Wildman–Crippen MR) is 62.4 cm³/mol. The first-order chi connectivity index (χ1) is 5.19. The summed E-state index contributed by atoms with van der Waals surface area (Å²) in [6.45, 7) is 14.3. The van der Waals surface area contributed by atoms with Gasteiger partial charge in [-0.3, -0.25) is 0 Å². The van der Waals surface area contributed by atoms with E-state index >= 15 is 0 Å². The van der Waals surface area contributed by atoms with E-state index in [1.165, 1.54) is 0 Å². The first kappa shape index (κ1) is 11.8. The van der Waals surface area contributed by atoms with Gasteiger partial charge in [-0.25, -0.2) is 0 Å². The van der Waals surface area contributed by atoms with Crippen molar-refractivity contribution < 1.29 is 0 Å². The maximum atomic E-state index is 5.31. The van der Waals surface area contributed by atoms with Gasteiger partial charge in [-0.05, 0) is 0 Å². The Labute approximate surface area is 78.8 Å². The van der Waals surface area contributed by atoms with Crippen LogP contribution in [0.4, 0.5) is 0 Å². The van der Waals surface area contributed by atoms with Crippen molar-refractivity contribution in [1.29, 1.82) is 0 Å². The van der Waals surface area contributed by atoms with Crippen LogP contribution >= 0.6 is 0 Å². The molecule has 1 nitrogen and oxygen atoms in total. The third kappa shape index (κ3) is 3.46. The molecule has 0 amide bonds. The molecule has 12 heavy (non-hydrogen) atoms. The van der Waals surface area contributed by atoms with Gasteiger partial charge in [0.1, 0.15) is 0 Å². The maximum absolute atomic E-state index is 5.31. The minimum atomic E-state index is -1.13. The Morgan fingerprint density at radius 2 is 1.25 bits per heavy atom. The molecule has 0 aliphatic rings. The summed E-state index contributed by atoms with van der Waals surface area (Å²) >= 11 is 0. The molecule has 0 rings (SSSR count). The van der Waals surface area contributed by atoms with Crippen LogP contribution in [0.3, 0.4) is 0 Å². The lowest BCUT2D eigenvalue weighted by molar-refractivity contribution is 1.35. The predicted octanol–water partition coefficient (Wildman–Crippen LogP) is 2.49. The zero-order valence-corrected chi connectivity index (χ0v) is 11.2. The average molecular weight is 199 g/mol. The van der Waals surface area contributed by atoms with Gasteiger partial charge in [0.25, 0.3) is 0 Å². The van der Waals surface area contributed by atoms with Gasteiger partial charge in [0.05, 0.1) is 16.1 Å². The van der Waals surface area contributed by atoms with Crippen LogP contribution in [0, 0.1) is 12.0 Å². The van der Waals surface area contributed by atoms with E-state index in [-0.39, 0.29) is 0 Å². The maximum Gasteiger partial charge on any atom is 0.0579 e. The minimum Gasteiger partial charge on any atom is -0.359 e. The van der Waals surface area contributed by atoms with Crippen LogP contribution < -0.4 is 5.73 Å². The lowest BCUT2D eigenvalue weighted by Crippen LogP contribution is -2.43. The van der Waals surface area contributed by atoms with Gasteiger partial charge >= 0.3 is 0 Å². The van der Waals surface area contributed by atoms with Crippen LogP contribution in [0.25, 0.3) is 0 Å².